The van der Waals surface area contributed by atoms with Gasteiger partial charge in [0.2, 0.25) is 5.91 Å². The predicted molar refractivity (Wildman–Crippen MR) is 117 cm³/mol. The third-order valence-corrected chi connectivity index (χ3v) is 6.15. The first-order valence-corrected chi connectivity index (χ1v) is 10.8. The van der Waals surface area contributed by atoms with Crippen LogP contribution >= 0.6 is 0 Å². The first kappa shape index (κ1) is 21.1. The summed E-state index contributed by atoms with van der Waals surface area (Å²) >= 11 is 0. The maximum absolute atomic E-state index is 13.1. The average Bonchev–Trinajstić information content (AvgIpc) is 2.82. The molecule has 0 bridgehead atoms. The van der Waals surface area contributed by atoms with E-state index in [4.69, 9.17) is 14.7 Å². The van der Waals surface area contributed by atoms with Crippen molar-refractivity contribution in [3.63, 3.8) is 0 Å². The summed E-state index contributed by atoms with van der Waals surface area (Å²) in [6.07, 6.45) is 2.60. The SMILES string of the molecule is CNc1nc([C@H]2CCCN(C(C)=O)C2)nc2c1CCN(C(=O)c1cccc(OC)c1)C2. The molecule has 0 unspecified atom stereocenters. The molecule has 8 nitrogen and oxygen atoms in total. The number of hydrogen-bond donors (Lipinski definition) is 1. The van der Waals surface area contributed by atoms with Crippen LogP contribution in [0.3, 0.4) is 0 Å². The summed E-state index contributed by atoms with van der Waals surface area (Å²) in [5, 5.41) is 3.21. The molecule has 2 aromatic rings. The standard InChI is InChI=1S/C23H29N5O3/c1-15(29)27-10-5-7-17(13-27)21-25-20-14-28(11-9-19(20)22(24-2)26-21)23(30)16-6-4-8-18(12-16)31-3/h4,6,8,12,17H,5,7,9-11,13-14H2,1-3H3,(H,24,25,26)/t17-/m0/s1. The Morgan fingerprint density at radius 2 is 2.03 bits per heavy atom. The van der Waals surface area contributed by atoms with Gasteiger partial charge in [0.25, 0.3) is 5.91 Å². The van der Waals surface area contributed by atoms with Gasteiger partial charge in [0, 0.05) is 50.7 Å². The molecule has 1 aromatic heterocycles. The van der Waals surface area contributed by atoms with Gasteiger partial charge in [-0.25, -0.2) is 9.97 Å². The van der Waals surface area contributed by atoms with E-state index >= 15 is 0 Å². The summed E-state index contributed by atoms with van der Waals surface area (Å²) in [6.45, 7) is 4.10. The molecule has 2 aliphatic rings. The van der Waals surface area contributed by atoms with Gasteiger partial charge >= 0.3 is 0 Å². The zero-order chi connectivity index (χ0) is 22.0. The minimum atomic E-state index is -0.0314. The highest BCUT2D eigenvalue weighted by molar-refractivity contribution is 5.94. The van der Waals surface area contributed by atoms with Crippen molar-refractivity contribution < 1.29 is 14.3 Å². The summed E-state index contributed by atoms with van der Waals surface area (Å²) in [7, 11) is 3.46. The Hall–Kier alpha value is -3.16. The normalized spacial score (nSPS) is 18.4. The van der Waals surface area contributed by atoms with E-state index in [-0.39, 0.29) is 17.7 Å². The van der Waals surface area contributed by atoms with Gasteiger partial charge in [-0.15, -0.1) is 0 Å². The number of benzene rings is 1. The maximum Gasteiger partial charge on any atom is 0.254 e. The van der Waals surface area contributed by atoms with Crippen LogP contribution in [0.5, 0.6) is 5.75 Å². The molecule has 0 aliphatic carbocycles. The monoisotopic (exact) mass is 423 g/mol. The lowest BCUT2D eigenvalue weighted by Crippen LogP contribution is -2.39. The fourth-order valence-electron chi connectivity index (χ4n) is 4.42. The molecule has 3 heterocycles. The van der Waals surface area contributed by atoms with E-state index in [1.54, 1.807) is 20.1 Å². The Balaban J connectivity index is 1.59. The van der Waals surface area contributed by atoms with Crippen molar-refractivity contribution >= 4 is 17.6 Å². The third-order valence-electron chi connectivity index (χ3n) is 6.15. The number of piperidine rings is 1. The molecule has 164 valence electrons. The fraction of sp³-hybridized carbons (Fsp3) is 0.478. The fourth-order valence-corrected chi connectivity index (χ4v) is 4.42. The molecular formula is C23H29N5O3. The summed E-state index contributed by atoms with van der Waals surface area (Å²) in [5.41, 5.74) is 2.56. The van der Waals surface area contributed by atoms with E-state index < -0.39 is 0 Å². The number of ether oxygens (including phenoxy) is 1. The molecule has 2 aliphatic heterocycles. The molecule has 1 saturated heterocycles. The lowest BCUT2D eigenvalue weighted by atomic mass is 9.96. The van der Waals surface area contributed by atoms with Gasteiger partial charge < -0.3 is 19.9 Å². The molecule has 1 aromatic carbocycles. The van der Waals surface area contributed by atoms with Crippen LogP contribution in [0.1, 0.15) is 53.1 Å². The van der Waals surface area contributed by atoms with Crippen LogP contribution in [0.15, 0.2) is 24.3 Å². The van der Waals surface area contributed by atoms with Crippen molar-refractivity contribution in [2.45, 2.75) is 38.6 Å². The summed E-state index contributed by atoms with van der Waals surface area (Å²) < 4.78 is 5.26. The highest BCUT2D eigenvalue weighted by Gasteiger charge is 2.30. The minimum Gasteiger partial charge on any atom is -0.497 e. The second-order valence-corrected chi connectivity index (χ2v) is 8.12. The highest BCUT2D eigenvalue weighted by atomic mass is 16.5. The Morgan fingerprint density at radius 1 is 1.19 bits per heavy atom. The molecule has 1 atom stereocenters. The molecule has 31 heavy (non-hydrogen) atoms. The first-order chi connectivity index (χ1) is 15.0. The van der Waals surface area contributed by atoms with E-state index in [1.165, 1.54) is 0 Å². The molecule has 0 saturated carbocycles. The predicted octanol–water partition coefficient (Wildman–Crippen LogP) is 2.45. The van der Waals surface area contributed by atoms with Crippen LogP contribution in [0.4, 0.5) is 5.82 Å². The number of nitrogens with one attached hydrogen (secondary N) is 1. The van der Waals surface area contributed by atoms with Crippen molar-refractivity contribution in [3.05, 3.63) is 46.9 Å². The summed E-state index contributed by atoms with van der Waals surface area (Å²) in [4.78, 5) is 38.3. The van der Waals surface area contributed by atoms with Crippen LogP contribution in [-0.4, -0.2) is 65.4 Å². The number of nitrogens with zero attached hydrogens (tertiary/aromatic N) is 4. The minimum absolute atomic E-state index is 0.0314. The Bertz CT molecular complexity index is 993. The van der Waals surface area contributed by atoms with Crippen molar-refractivity contribution in [1.29, 1.82) is 0 Å². The second-order valence-electron chi connectivity index (χ2n) is 8.12. The zero-order valence-electron chi connectivity index (χ0n) is 18.4. The van der Waals surface area contributed by atoms with E-state index in [0.29, 0.717) is 37.4 Å². The number of methoxy groups -OCH3 is 1. The summed E-state index contributed by atoms with van der Waals surface area (Å²) in [5.74, 6) is 2.41. The Labute approximate surface area is 182 Å². The second kappa shape index (κ2) is 8.91. The molecule has 4 rings (SSSR count). The van der Waals surface area contributed by atoms with Gasteiger partial charge in [0.05, 0.1) is 19.3 Å². The zero-order valence-corrected chi connectivity index (χ0v) is 18.4. The number of aromatic nitrogens is 2. The van der Waals surface area contributed by atoms with Gasteiger partial charge in [-0.2, -0.15) is 0 Å². The number of anilines is 1. The van der Waals surface area contributed by atoms with Crippen LogP contribution in [-0.2, 0) is 17.8 Å². The van der Waals surface area contributed by atoms with Crippen LogP contribution < -0.4 is 10.1 Å². The molecule has 8 heteroatoms. The number of amides is 2. The molecule has 1 N–H and O–H groups in total. The van der Waals surface area contributed by atoms with E-state index in [1.807, 2.05) is 35.0 Å². The Morgan fingerprint density at radius 3 is 2.77 bits per heavy atom. The van der Waals surface area contributed by atoms with Crippen LogP contribution in [0.2, 0.25) is 0 Å². The molecule has 0 radical (unpaired) electrons. The molecule has 2 amide bonds. The highest BCUT2D eigenvalue weighted by Crippen LogP contribution is 2.30. The van der Waals surface area contributed by atoms with Gasteiger partial charge in [0.1, 0.15) is 17.4 Å². The average molecular weight is 424 g/mol. The van der Waals surface area contributed by atoms with Crippen molar-refractivity contribution in [2.75, 3.05) is 39.1 Å². The third kappa shape index (κ3) is 4.33. The Kier molecular flexibility index (Phi) is 6.06. The summed E-state index contributed by atoms with van der Waals surface area (Å²) in [6, 6.07) is 7.23. The van der Waals surface area contributed by atoms with Crippen LogP contribution in [0.25, 0.3) is 0 Å². The van der Waals surface area contributed by atoms with Gasteiger partial charge in [-0.05, 0) is 37.5 Å². The van der Waals surface area contributed by atoms with Crippen molar-refractivity contribution in [2.24, 2.45) is 0 Å². The number of carbonyl (C=O) groups excluding carboxylic acids is 2. The van der Waals surface area contributed by atoms with Gasteiger partial charge in [-0.1, -0.05) is 6.07 Å². The molecular weight excluding hydrogens is 394 g/mol. The largest absolute Gasteiger partial charge is 0.497 e. The van der Waals surface area contributed by atoms with E-state index in [2.05, 4.69) is 5.32 Å². The lowest BCUT2D eigenvalue weighted by molar-refractivity contribution is -0.130. The van der Waals surface area contributed by atoms with Gasteiger partial charge in [-0.3, -0.25) is 9.59 Å². The quantitative estimate of drug-likeness (QED) is 0.813. The smallest absolute Gasteiger partial charge is 0.254 e. The number of likely N-dealkylation sites (tertiary alicyclic amines) is 1. The number of carbonyl (C=O) groups is 2. The van der Waals surface area contributed by atoms with Crippen molar-refractivity contribution in [1.82, 2.24) is 19.8 Å². The van der Waals surface area contributed by atoms with Gasteiger partial charge in [0.15, 0.2) is 0 Å². The van der Waals surface area contributed by atoms with E-state index in [9.17, 15) is 9.59 Å². The lowest BCUT2D eigenvalue weighted by Gasteiger charge is -2.33. The maximum atomic E-state index is 13.1. The van der Waals surface area contributed by atoms with Crippen LogP contribution in [0, 0.1) is 0 Å². The number of rotatable bonds is 4. The topological polar surface area (TPSA) is 87.7 Å². The number of hydrogen-bond acceptors (Lipinski definition) is 6. The molecule has 1 fully saturated rings. The number of fused-ring (bicyclic) bond motifs is 1. The first-order valence-electron chi connectivity index (χ1n) is 10.8. The molecule has 0 spiro atoms. The van der Waals surface area contributed by atoms with E-state index in [0.717, 1.165) is 42.3 Å². The van der Waals surface area contributed by atoms with Crippen molar-refractivity contribution in [3.8, 4) is 5.75 Å².